The summed E-state index contributed by atoms with van der Waals surface area (Å²) in [5, 5.41) is 9.24. The molecule has 5 heteroatoms. The molecule has 1 aromatic carbocycles. The number of thioether (sulfide) groups is 1. The van der Waals surface area contributed by atoms with Gasteiger partial charge in [0.2, 0.25) is 0 Å². The fourth-order valence-electron chi connectivity index (χ4n) is 2.39. The minimum Gasteiger partial charge on any atom is -0.478 e. The maximum Gasteiger partial charge on any atom is 0.337 e. The molecular formula is C14H18N2O2S. The number of aromatic nitrogens is 2. The van der Waals surface area contributed by atoms with Gasteiger partial charge < -0.3 is 9.67 Å². The molecule has 2 aromatic rings. The summed E-state index contributed by atoms with van der Waals surface area (Å²) in [4.78, 5) is 15.8. The van der Waals surface area contributed by atoms with Crippen molar-refractivity contribution < 1.29 is 9.90 Å². The molecule has 1 unspecified atom stereocenters. The fraction of sp³-hybridized carbons (Fsp3) is 0.429. The summed E-state index contributed by atoms with van der Waals surface area (Å²) in [5.41, 5.74) is 1.79. The van der Waals surface area contributed by atoms with Crippen molar-refractivity contribution in [2.45, 2.75) is 26.3 Å². The topological polar surface area (TPSA) is 55.1 Å². The normalized spacial score (nSPS) is 12.8. The Hall–Kier alpha value is -1.49. The summed E-state index contributed by atoms with van der Waals surface area (Å²) >= 11 is 1.78. The third-order valence-electron chi connectivity index (χ3n) is 3.19. The van der Waals surface area contributed by atoms with E-state index in [-0.39, 0.29) is 5.56 Å². The number of carboxylic acid groups (broad SMARTS) is 1. The highest BCUT2D eigenvalue weighted by Gasteiger charge is 2.18. The number of aromatic carboxylic acids is 1. The van der Waals surface area contributed by atoms with Gasteiger partial charge >= 0.3 is 5.97 Å². The van der Waals surface area contributed by atoms with E-state index in [0.717, 1.165) is 23.5 Å². The molecule has 19 heavy (non-hydrogen) atoms. The molecule has 4 nitrogen and oxygen atoms in total. The molecule has 0 radical (unpaired) electrons. The number of benzene rings is 1. The first-order chi connectivity index (χ1) is 9.10. The van der Waals surface area contributed by atoms with Crippen LogP contribution in [0.4, 0.5) is 0 Å². The molecule has 0 saturated carbocycles. The van der Waals surface area contributed by atoms with E-state index in [1.807, 2.05) is 13.0 Å². The zero-order chi connectivity index (χ0) is 14.0. The predicted molar refractivity (Wildman–Crippen MR) is 79.2 cm³/mol. The lowest BCUT2D eigenvalue weighted by atomic mass is 10.2. The van der Waals surface area contributed by atoms with E-state index in [1.165, 1.54) is 0 Å². The quantitative estimate of drug-likeness (QED) is 0.912. The van der Waals surface area contributed by atoms with Gasteiger partial charge in [0.05, 0.1) is 11.1 Å². The molecule has 102 valence electrons. The lowest BCUT2D eigenvalue weighted by Crippen LogP contribution is -2.11. The van der Waals surface area contributed by atoms with Crippen LogP contribution >= 0.6 is 11.8 Å². The van der Waals surface area contributed by atoms with Gasteiger partial charge in [-0.15, -0.1) is 0 Å². The molecule has 0 aliphatic carbocycles. The number of para-hydroxylation sites is 1. The highest BCUT2D eigenvalue weighted by molar-refractivity contribution is 7.98. The van der Waals surface area contributed by atoms with E-state index in [9.17, 15) is 9.90 Å². The second-order valence-electron chi connectivity index (χ2n) is 4.53. The maximum absolute atomic E-state index is 11.3. The van der Waals surface area contributed by atoms with Crippen molar-refractivity contribution in [1.82, 2.24) is 9.55 Å². The number of fused-ring (bicyclic) bond motifs is 1. The van der Waals surface area contributed by atoms with Crippen molar-refractivity contribution in [3.63, 3.8) is 0 Å². The van der Waals surface area contributed by atoms with Crippen LogP contribution in [0, 0.1) is 0 Å². The minimum absolute atomic E-state index is 0.280. The van der Waals surface area contributed by atoms with Crippen LogP contribution in [0.1, 0.15) is 36.1 Å². The predicted octanol–water partition coefficient (Wildman–Crippen LogP) is 3.22. The molecule has 0 saturated heterocycles. The molecule has 0 aliphatic heterocycles. The first kappa shape index (κ1) is 13.9. The number of imidazole rings is 1. The van der Waals surface area contributed by atoms with Gasteiger partial charge in [0, 0.05) is 18.2 Å². The average molecular weight is 278 g/mol. The zero-order valence-corrected chi connectivity index (χ0v) is 12.2. The van der Waals surface area contributed by atoms with Crippen LogP contribution in [0.25, 0.3) is 11.0 Å². The molecule has 0 bridgehead atoms. The number of hydrogen-bond donors (Lipinski definition) is 1. The van der Waals surface area contributed by atoms with Crippen LogP contribution < -0.4 is 0 Å². The summed E-state index contributed by atoms with van der Waals surface area (Å²) in [6, 6.07) is 5.65. The zero-order valence-electron chi connectivity index (χ0n) is 11.4. The number of rotatable bonds is 5. The maximum atomic E-state index is 11.3. The first-order valence-electron chi connectivity index (χ1n) is 6.32. The molecule has 2 rings (SSSR count). The lowest BCUT2D eigenvalue weighted by Gasteiger charge is -2.16. The van der Waals surface area contributed by atoms with Gasteiger partial charge in [-0.05, 0) is 25.3 Å². The lowest BCUT2D eigenvalue weighted by molar-refractivity contribution is 0.0699. The molecule has 0 fully saturated rings. The number of nitrogens with zero attached hydrogens (tertiary/aromatic N) is 2. The van der Waals surface area contributed by atoms with Crippen LogP contribution in [0.2, 0.25) is 0 Å². The van der Waals surface area contributed by atoms with Crippen LogP contribution in [-0.4, -0.2) is 32.6 Å². The van der Waals surface area contributed by atoms with Crippen molar-refractivity contribution in [3.05, 3.63) is 29.6 Å². The van der Waals surface area contributed by atoms with Gasteiger partial charge in [0.1, 0.15) is 11.3 Å². The van der Waals surface area contributed by atoms with Gasteiger partial charge in [-0.3, -0.25) is 0 Å². The van der Waals surface area contributed by atoms with E-state index in [2.05, 4.69) is 22.7 Å². The van der Waals surface area contributed by atoms with E-state index >= 15 is 0 Å². The Morgan fingerprint density at radius 3 is 2.84 bits per heavy atom. The van der Waals surface area contributed by atoms with E-state index in [4.69, 9.17) is 0 Å². The number of aryl methyl sites for hydroxylation is 1. The SMILES string of the molecule is CCc1nc2c(C(=O)O)cccc2n1C(C)CSC. The molecule has 0 spiro atoms. The van der Waals surface area contributed by atoms with Crippen LogP contribution in [-0.2, 0) is 6.42 Å². The monoisotopic (exact) mass is 278 g/mol. The Morgan fingerprint density at radius 1 is 1.53 bits per heavy atom. The van der Waals surface area contributed by atoms with Crippen molar-refractivity contribution in [2.24, 2.45) is 0 Å². The Morgan fingerprint density at radius 2 is 2.26 bits per heavy atom. The fourth-order valence-corrected chi connectivity index (χ4v) is 3.03. The van der Waals surface area contributed by atoms with Crippen LogP contribution in [0.3, 0.4) is 0 Å². The van der Waals surface area contributed by atoms with E-state index < -0.39 is 5.97 Å². The third kappa shape index (κ3) is 2.47. The highest BCUT2D eigenvalue weighted by Crippen LogP contribution is 2.25. The number of hydrogen-bond acceptors (Lipinski definition) is 3. The summed E-state index contributed by atoms with van der Waals surface area (Å²) in [6.07, 6.45) is 2.87. The Kier molecular flexibility index (Phi) is 4.14. The first-order valence-corrected chi connectivity index (χ1v) is 7.71. The standard InChI is InChI=1S/C14H18N2O2S/c1-4-12-15-13-10(14(17)18)6-5-7-11(13)16(12)9(2)8-19-3/h5-7,9H,4,8H2,1-3H3,(H,17,18). The molecule has 1 N–H and O–H groups in total. The summed E-state index contributed by atoms with van der Waals surface area (Å²) in [5.74, 6) is 1.01. The third-order valence-corrected chi connectivity index (χ3v) is 4.00. The van der Waals surface area contributed by atoms with Crippen molar-refractivity contribution >= 4 is 28.8 Å². The number of carbonyl (C=O) groups is 1. The largest absolute Gasteiger partial charge is 0.478 e. The molecule has 1 aromatic heterocycles. The molecule has 0 aliphatic rings. The Bertz CT molecular complexity index is 607. The Balaban J connectivity index is 2.68. The molecular weight excluding hydrogens is 260 g/mol. The average Bonchev–Trinajstić information content (AvgIpc) is 2.76. The number of carboxylic acids is 1. The highest BCUT2D eigenvalue weighted by atomic mass is 32.2. The molecule has 1 atom stereocenters. The van der Waals surface area contributed by atoms with Gasteiger partial charge in [0.25, 0.3) is 0 Å². The smallest absolute Gasteiger partial charge is 0.337 e. The van der Waals surface area contributed by atoms with Gasteiger partial charge in [0.15, 0.2) is 0 Å². The van der Waals surface area contributed by atoms with Crippen molar-refractivity contribution in [2.75, 3.05) is 12.0 Å². The van der Waals surface area contributed by atoms with Gasteiger partial charge in [-0.25, -0.2) is 9.78 Å². The summed E-state index contributed by atoms with van der Waals surface area (Å²) in [6.45, 7) is 4.19. The van der Waals surface area contributed by atoms with Crippen molar-refractivity contribution in [3.8, 4) is 0 Å². The van der Waals surface area contributed by atoms with Gasteiger partial charge in [-0.2, -0.15) is 11.8 Å². The molecule has 0 amide bonds. The van der Waals surface area contributed by atoms with E-state index in [0.29, 0.717) is 11.6 Å². The van der Waals surface area contributed by atoms with E-state index in [1.54, 1.807) is 23.9 Å². The molecule has 1 heterocycles. The van der Waals surface area contributed by atoms with Crippen LogP contribution in [0.5, 0.6) is 0 Å². The second-order valence-corrected chi connectivity index (χ2v) is 5.45. The summed E-state index contributed by atoms with van der Waals surface area (Å²) in [7, 11) is 0. The summed E-state index contributed by atoms with van der Waals surface area (Å²) < 4.78 is 2.16. The van der Waals surface area contributed by atoms with Gasteiger partial charge in [-0.1, -0.05) is 13.0 Å². The Labute approximate surface area is 116 Å². The van der Waals surface area contributed by atoms with Crippen LogP contribution in [0.15, 0.2) is 18.2 Å². The second kappa shape index (κ2) is 5.65. The minimum atomic E-state index is -0.921. The van der Waals surface area contributed by atoms with Crippen molar-refractivity contribution in [1.29, 1.82) is 0 Å².